The van der Waals surface area contributed by atoms with Crippen LogP contribution in [0.3, 0.4) is 0 Å². The van der Waals surface area contributed by atoms with Crippen LogP contribution in [-0.2, 0) is 0 Å². The molecule has 25 heavy (non-hydrogen) atoms. The Labute approximate surface area is 151 Å². The first-order chi connectivity index (χ1) is 12.3. The second-order valence-corrected chi connectivity index (χ2v) is 6.52. The fourth-order valence-electron chi connectivity index (χ4n) is 2.80. The number of methoxy groups -OCH3 is 1. The minimum absolute atomic E-state index is 0.756. The van der Waals surface area contributed by atoms with Crippen molar-refractivity contribution >= 4 is 23.4 Å². The molecule has 0 radical (unpaired) electrons. The van der Waals surface area contributed by atoms with Crippen LogP contribution in [0.2, 0.25) is 0 Å². The van der Waals surface area contributed by atoms with E-state index in [-0.39, 0.29) is 0 Å². The van der Waals surface area contributed by atoms with Gasteiger partial charge in [-0.05, 0) is 53.9 Å². The molecular formula is C20H18N2O2S. The maximum absolute atomic E-state index is 5.91. The van der Waals surface area contributed by atoms with Crippen LogP contribution in [0.25, 0.3) is 5.57 Å². The molecule has 2 heterocycles. The highest BCUT2D eigenvalue weighted by Gasteiger charge is 2.21. The van der Waals surface area contributed by atoms with E-state index in [9.17, 15) is 0 Å². The lowest BCUT2D eigenvalue weighted by Crippen LogP contribution is -2.32. The molecule has 2 aliphatic rings. The molecule has 0 aromatic heterocycles. The molecule has 2 aliphatic heterocycles. The van der Waals surface area contributed by atoms with E-state index < -0.39 is 0 Å². The number of fused-ring (bicyclic) bond motifs is 1. The van der Waals surface area contributed by atoms with Gasteiger partial charge in [-0.2, -0.15) is 4.40 Å². The molecule has 126 valence electrons. The van der Waals surface area contributed by atoms with Crippen LogP contribution in [0.1, 0.15) is 5.56 Å². The number of benzene rings is 2. The molecule has 5 heteroatoms. The van der Waals surface area contributed by atoms with Crippen LogP contribution < -0.4 is 9.47 Å². The van der Waals surface area contributed by atoms with Crippen LogP contribution in [-0.4, -0.2) is 30.1 Å². The summed E-state index contributed by atoms with van der Waals surface area (Å²) in [6.45, 7) is 0.994. The number of hydrogen-bond donors (Lipinski definition) is 0. The zero-order chi connectivity index (χ0) is 17.1. The van der Waals surface area contributed by atoms with Gasteiger partial charge in [0, 0.05) is 30.1 Å². The van der Waals surface area contributed by atoms with Crippen LogP contribution in [0.5, 0.6) is 17.2 Å². The van der Waals surface area contributed by atoms with Crippen molar-refractivity contribution in [2.75, 3.05) is 19.4 Å². The van der Waals surface area contributed by atoms with Crippen molar-refractivity contribution in [2.45, 2.75) is 0 Å². The summed E-state index contributed by atoms with van der Waals surface area (Å²) in [6, 6.07) is 15.7. The first kappa shape index (κ1) is 15.8. The Morgan fingerprint density at radius 3 is 2.72 bits per heavy atom. The molecule has 0 atom stereocenters. The van der Waals surface area contributed by atoms with Gasteiger partial charge in [-0.15, -0.1) is 0 Å². The highest BCUT2D eigenvalue weighted by Crippen LogP contribution is 2.30. The predicted octanol–water partition coefficient (Wildman–Crippen LogP) is 4.76. The second-order valence-electron chi connectivity index (χ2n) is 5.67. The van der Waals surface area contributed by atoms with Crippen molar-refractivity contribution in [3.05, 3.63) is 72.4 Å². The summed E-state index contributed by atoms with van der Waals surface area (Å²) >= 11 is 1.62. The zero-order valence-electron chi connectivity index (χ0n) is 13.9. The van der Waals surface area contributed by atoms with E-state index in [2.05, 4.69) is 39.8 Å². The van der Waals surface area contributed by atoms with E-state index in [0.717, 1.165) is 46.5 Å². The SMILES string of the molecule is COc1cccc(Oc2ccc(C3=CC=CN4CCSN=C34)cc2)c1. The highest BCUT2D eigenvalue weighted by atomic mass is 32.2. The molecule has 4 nitrogen and oxygen atoms in total. The normalized spacial score (nSPS) is 16.0. The van der Waals surface area contributed by atoms with Crippen molar-refractivity contribution in [3.8, 4) is 17.2 Å². The minimum Gasteiger partial charge on any atom is -0.497 e. The average Bonchev–Trinajstić information content (AvgIpc) is 2.68. The third-order valence-corrected chi connectivity index (χ3v) is 4.73. The molecule has 0 saturated heterocycles. The summed E-state index contributed by atoms with van der Waals surface area (Å²) in [5.74, 6) is 4.38. The third-order valence-electron chi connectivity index (χ3n) is 4.06. The van der Waals surface area contributed by atoms with E-state index in [1.807, 2.05) is 36.4 Å². The molecule has 0 fully saturated rings. The van der Waals surface area contributed by atoms with Crippen molar-refractivity contribution in [3.63, 3.8) is 0 Å². The Bertz CT molecular complexity index is 856. The summed E-state index contributed by atoms with van der Waals surface area (Å²) in [7, 11) is 1.65. The van der Waals surface area contributed by atoms with Gasteiger partial charge in [0.15, 0.2) is 0 Å². The lowest BCUT2D eigenvalue weighted by molar-refractivity contribution is 0.409. The van der Waals surface area contributed by atoms with E-state index in [1.165, 1.54) is 0 Å². The molecule has 2 aromatic carbocycles. The topological polar surface area (TPSA) is 34.1 Å². The molecule has 0 bridgehead atoms. The van der Waals surface area contributed by atoms with Gasteiger partial charge in [0.1, 0.15) is 23.1 Å². The highest BCUT2D eigenvalue weighted by molar-refractivity contribution is 7.98. The lowest BCUT2D eigenvalue weighted by Gasteiger charge is -2.29. The number of nitrogens with zero attached hydrogens (tertiary/aromatic N) is 2. The molecular weight excluding hydrogens is 332 g/mol. The van der Waals surface area contributed by atoms with Crippen molar-refractivity contribution < 1.29 is 9.47 Å². The van der Waals surface area contributed by atoms with E-state index in [1.54, 1.807) is 19.1 Å². The summed E-state index contributed by atoms with van der Waals surface area (Å²) < 4.78 is 15.8. The predicted molar refractivity (Wildman–Crippen MR) is 103 cm³/mol. The van der Waals surface area contributed by atoms with Gasteiger partial charge < -0.3 is 14.4 Å². The number of ether oxygens (including phenoxy) is 2. The number of amidine groups is 1. The monoisotopic (exact) mass is 350 g/mol. The first-order valence-electron chi connectivity index (χ1n) is 8.11. The van der Waals surface area contributed by atoms with E-state index >= 15 is 0 Å². The Morgan fingerprint density at radius 2 is 1.88 bits per heavy atom. The summed E-state index contributed by atoms with van der Waals surface area (Å²) in [4.78, 5) is 2.20. The van der Waals surface area contributed by atoms with Gasteiger partial charge in [0.05, 0.1) is 7.11 Å². The summed E-state index contributed by atoms with van der Waals surface area (Å²) in [5, 5.41) is 0. The van der Waals surface area contributed by atoms with Crippen molar-refractivity contribution in [1.29, 1.82) is 0 Å². The van der Waals surface area contributed by atoms with Gasteiger partial charge in [0.25, 0.3) is 0 Å². The van der Waals surface area contributed by atoms with Gasteiger partial charge in [-0.1, -0.05) is 18.2 Å². The fraction of sp³-hybridized carbons (Fsp3) is 0.150. The van der Waals surface area contributed by atoms with Gasteiger partial charge in [0.2, 0.25) is 0 Å². The van der Waals surface area contributed by atoms with E-state index in [0.29, 0.717) is 0 Å². The Morgan fingerprint density at radius 1 is 1.04 bits per heavy atom. The summed E-state index contributed by atoms with van der Waals surface area (Å²) in [6.07, 6.45) is 6.27. The van der Waals surface area contributed by atoms with E-state index in [4.69, 9.17) is 9.47 Å². The molecule has 0 amide bonds. The number of rotatable bonds is 4. The van der Waals surface area contributed by atoms with Crippen LogP contribution in [0.4, 0.5) is 0 Å². The minimum atomic E-state index is 0.756. The molecule has 0 aliphatic carbocycles. The first-order valence-corrected chi connectivity index (χ1v) is 9.05. The zero-order valence-corrected chi connectivity index (χ0v) is 14.7. The van der Waals surface area contributed by atoms with Gasteiger partial charge in [-0.3, -0.25) is 0 Å². The molecule has 0 spiro atoms. The van der Waals surface area contributed by atoms with Gasteiger partial charge >= 0.3 is 0 Å². The Balaban J connectivity index is 1.55. The van der Waals surface area contributed by atoms with Crippen molar-refractivity contribution in [2.24, 2.45) is 4.40 Å². The Hall–Kier alpha value is -2.66. The quantitative estimate of drug-likeness (QED) is 0.745. The molecule has 0 unspecified atom stereocenters. The fourth-order valence-corrected chi connectivity index (χ4v) is 3.49. The van der Waals surface area contributed by atoms with Crippen LogP contribution in [0, 0.1) is 0 Å². The second kappa shape index (κ2) is 7.07. The molecule has 4 rings (SSSR count). The van der Waals surface area contributed by atoms with Crippen LogP contribution in [0.15, 0.2) is 71.3 Å². The average molecular weight is 350 g/mol. The largest absolute Gasteiger partial charge is 0.497 e. The lowest BCUT2D eigenvalue weighted by atomic mass is 10.0. The standard InChI is InChI=1S/C20H18N2O2S/c1-23-17-4-2-5-18(14-17)24-16-9-7-15(8-10-16)19-6-3-11-22-12-13-25-21-20(19)22/h2-11,14H,12-13H2,1H3. The molecule has 0 N–H and O–H groups in total. The van der Waals surface area contributed by atoms with Crippen molar-refractivity contribution in [1.82, 2.24) is 4.90 Å². The molecule has 2 aromatic rings. The maximum Gasteiger partial charge on any atom is 0.148 e. The summed E-state index contributed by atoms with van der Waals surface area (Å²) in [5.41, 5.74) is 2.27. The Kier molecular flexibility index (Phi) is 4.48. The number of hydrogen-bond acceptors (Lipinski definition) is 5. The smallest absolute Gasteiger partial charge is 0.148 e. The molecule has 0 saturated carbocycles. The third kappa shape index (κ3) is 3.42. The van der Waals surface area contributed by atoms with Crippen LogP contribution >= 0.6 is 11.9 Å². The number of allylic oxidation sites excluding steroid dienone is 2. The maximum atomic E-state index is 5.91. The van der Waals surface area contributed by atoms with Gasteiger partial charge in [-0.25, -0.2) is 0 Å².